The summed E-state index contributed by atoms with van der Waals surface area (Å²) >= 11 is 15.7. The van der Waals surface area contributed by atoms with Gasteiger partial charge in [-0.25, -0.2) is 8.78 Å². The zero-order chi connectivity index (χ0) is 14.2. The van der Waals surface area contributed by atoms with E-state index in [0.717, 1.165) is 26.6 Å². The monoisotopic (exact) mass is 472 g/mol. The Labute approximate surface area is 139 Å². The predicted molar refractivity (Wildman–Crippen MR) is 84.0 cm³/mol. The Morgan fingerprint density at radius 3 is 2.32 bits per heavy atom. The molecule has 0 N–H and O–H groups in total. The lowest BCUT2D eigenvalue weighted by atomic mass is 10.0. The lowest BCUT2D eigenvalue weighted by Crippen LogP contribution is -1.99. The minimum absolute atomic E-state index is 0.195. The predicted octanol–water partition coefficient (Wildman–Crippen LogP) is 6.63. The zero-order valence-electron chi connectivity index (χ0n) is 9.23. The van der Waals surface area contributed by atoms with E-state index in [1.807, 2.05) is 18.2 Å². The first-order valence-electron chi connectivity index (χ1n) is 5.13. The molecule has 0 nitrogen and oxygen atoms in total. The van der Waals surface area contributed by atoms with Crippen LogP contribution in [0.25, 0.3) is 0 Å². The maximum Gasteiger partial charge on any atom is 0.142 e. The van der Waals surface area contributed by atoms with Crippen molar-refractivity contribution in [3.63, 3.8) is 0 Å². The summed E-state index contributed by atoms with van der Waals surface area (Å²) in [5.41, 5.74) is 0.982. The molecule has 0 aliphatic rings. The quantitative estimate of drug-likeness (QED) is 0.338. The molecule has 0 amide bonds. The number of alkyl halides is 1. The standard InChI is InChI=1S/C13H6Br3ClF2/c14-6-1-2-9(15)7(3-6)13(16)8-4-12(19)10(17)5-11(8)18/h1-5,13H. The van der Waals surface area contributed by atoms with Crippen LogP contribution in [0.5, 0.6) is 0 Å². The van der Waals surface area contributed by atoms with Crippen molar-refractivity contribution in [2.75, 3.05) is 0 Å². The van der Waals surface area contributed by atoms with Crippen molar-refractivity contribution < 1.29 is 8.78 Å². The van der Waals surface area contributed by atoms with Gasteiger partial charge in [-0.1, -0.05) is 59.4 Å². The Hall–Kier alpha value is 0.0300. The van der Waals surface area contributed by atoms with Gasteiger partial charge in [-0.3, -0.25) is 0 Å². The van der Waals surface area contributed by atoms with Gasteiger partial charge < -0.3 is 0 Å². The molecule has 0 aliphatic heterocycles. The summed E-state index contributed by atoms with van der Waals surface area (Å²) in [5.74, 6) is -1.20. The van der Waals surface area contributed by atoms with Gasteiger partial charge in [0.2, 0.25) is 0 Å². The molecule has 0 heterocycles. The number of halogens is 6. The van der Waals surface area contributed by atoms with Crippen LogP contribution in [0.4, 0.5) is 8.78 Å². The molecule has 0 aromatic heterocycles. The number of rotatable bonds is 2. The van der Waals surface area contributed by atoms with Gasteiger partial charge in [0.15, 0.2) is 0 Å². The van der Waals surface area contributed by atoms with Crippen LogP contribution in [0.1, 0.15) is 16.0 Å². The number of hydrogen-bond donors (Lipinski definition) is 0. The maximum atomic E-state index is 13.9. The Morgan fingerprint density at radius 1 is 0.947 bits per heavy atom. The molecule has 19 heavy (non-hydrogen) atoms. The minimum Gasteiger partial charge on any atom is -0.207 e. The zero-order valence-corrected chi connectivity index (χ0v) is 14.7. The Kier molecular flexibility index (Phi) is 5.04. The molecule has 0 saturated heterocycles. The highest BCUT2D eigenvalue weighted by atomic mass is 79.9. The average molecular weight is 475 g/mol. The third kappa shape index (κ3) is 3.38. The first-order valence-corrected chi connectivity index (χ1v) is 8.01. The molecule has 0 spiro atoms. The summed E-state index contributed by atoms with van der Waals surface area (Å²) in [6.45, 7) is 0. The SMILES string of the molecule is Fc1cc(C(Br)c2cc(Br)ccc2Br)c(F)cc1Cl. The Balaban J connectivity index is 2.52. The fraction of sp³-hybridized carbons (Fsp3) is 0.0769. The number of hydrogen-bond acceptors (Lipinski definition) is 0. The summed E-state index contributed by atoms with van der Waals surface area (Å²) in [4.78, 5) is -0.480. The molecule has 0 radical (unpaired) electrons. The average Bonchev–Trinajstić information content (AvgIpc) is 2.36. The molecule has 2 aromatic carbocycles. The van der Waals surface area contributed by atoms with Crippen LogP contribution in [-0.4, -0.2) is 0 Å². The lowest BCUT2D eigenvalue weighted by Gasteiger charge is -2.14. The van der Waals surface area contributed by atoms with E-state index in [1.54, 1.807) is 0 Å². The van der Waals surface area contributed by atoms with E-state index in [0.29, 0.717) is 0 Å². The molecule has 0 saturated carbocycles. The molecule has 0 aliphatic carbocycles. The van der Waals surface area contributed by atoms with Gasteiger partial charge >= 0.3 is 0 Å². The highest BCUT2D eigenvalue weighted by Gasteiger charge is 2.19. The van der Waals surface area contributed by atoms with Gasteiger partial charge in [0.1, 0.15) is 11.6 Å². The van der Waals surface area contributed by atoms with Crippen LogP contribution >= 0.6 is 59.4 Å². The third-order valence-electron chi connectivity index (χ3n) is 2.54. The molecule has 2 aromatic rings. The van der Waals surface area contributed by atoms with Gasteiger partial charge in [0, 0.05) is 14.5 Å². The highest BCUT2D eigenvalue weighted by Crippen LogP contribution is 2.38. The van der Waals surface area contributed by atoms with E-state index >= 15 is 0 Å². The van der Waals surface area contributed by atoms with Crippen molar-refractivity contribution in [2.45, 2.75) is 4.83 Å². The normalized spacial score (nSPS) is 12.5. The van der Waals surface area contributed by atoms with E-state index in [-0.39, 0.29) is 10.6 Å². The fourth-order valence-electron chi connectivity index (χ4n) is 1.61. The summed E-state index contributed by atoms with van der Waals surface area (Å²) in [6, 6.07) is 7.59. The van der Waals surface area contributed by atoms with E-state index in [9.17, 15) is 8.78 Å². The van der Waals surface area contributed by atoms with E-state index in [1.165, 1.54) is 0 Å². The summed E-state index contributed by atoms with van der Waals surface area (Å²) < 4.78 is 29.0. The molecular weight excluding hydrogens is 469 g/mol. The summed E-state index contributed by atoms with van der Waals surface area (Å²) in [5, 5.41) is -0.228. The van der Waals surface area contributed by atoms with Crippen LogP contribution in [0.15, 0.2) is 39.3 Å². The van der Waals surface area contributed by atoms with Crippen LogP contribution in [0.3, 0.4) is 0 Å². The van der Waals surface area contributed by atoms with Gasteiger partial charge in [0.25, 0.3) is 0 Å². The number of benzene rings is 2. The van der Waals surface area contributed by atoms with Crippen molar-refractivity contribution in [3.05, 3.63) is 67.1 Å². The molecule has 6 heteroatoms. The maximum absolute atomic E-state index is 13.9. The van der Waals surface area contributed by atoms with E-state index in [2.05, 4.69) is 47.8 Å². The molecule has 1 atom stereocenters. The second kappa shape index (κ2) is 6.20. The molecule has 100 valence electrons. The van der Waals surface area contributed by atoms with E-state index < -0.39 is 16.5 Å². The van der Waals surface area contributed by atoms with Crippen LogP contribution in [0.2, 0.25) is 5.02 Å². The largest absolute Gasteiger partial charge is 0.207 e. The third-order valence-corrected chi connectivity index (χ3v) is 5.04. The summed E-state index contributed by atoms with van der Waals surface area (Å²) in [6.07, 6.45) is 0. The first kappa shape index (κ1) is 15.4. The van der Waals surface area contributed by atoms with Gasteiger partial charge in [-0.2, -0.15) is 0 Å². The Morgan fingerprint density at radius 2 is 1.63 bits per heavy atom. The Bertz CT molecular complexity index is 632. The van der Waals surface area contributed by atoms with Gasteiger partial charge in [-0.15, -0.1) is 0 Å². The first-order chi connectivity index (χ1) is 8.90. The minimum atomic E-state index is -0.645. The van der Waals surface area contributed by atoms with Gasteiger partial charge in [0.05, 0.1) is 9.85 Å². The van der Waals surface area contributed by atoms with Crippen LogP contribution in [-0.2, 0) is 0 Å². The molecular formula is C13H6Br3ClF2. The van der Waals surface area contributed by atoms with Crippen molar-refractivity contribution in [3.8, 4) is 0 Å². The van der Waals surface area contributed by atoms with Crippen LogP contribution in [0, 0.1) is 11.6 Å². The van der Waals surface area contributed by atoms with Crippen LogP contribution < -0.4 is 0 Å². The second-order valence-electron chi connectivity index (χ2n) is 3.82. The van der Waals surface area contributed by atoms with Gasteiger partial charge in [-0.05, 0) is 35.9 Å². The lowest BCUT2D eigenvalue weighted by molar-refractivity contribution is 0.588. The highest BCUT2D eigenvalue weighted by molar-refractivity contribution is 9.11. The molecule has 0 bridgehead atoms. The fourth-order valence-corrected chi connectivity index (χ4v) is 3.65. The van der Waals surface area contributed by atoms with Crippen molar-refractivity contribution >= 4 is 59.4 Å². The molecule has 2 rings (SSSR count). The summed E-state index contributed by atoms with van der Waals surface area (Å²) in [7, 11) is 0. The molecule has 1 unspecified atom stereocenters. The van der Waals surface area contributed by atoms with E-state index in [4.69, 9.17) is 11.6 Å². The van der Waals surface area contributed by atoms with Crippen molar-refractivity contribution in [2.24, 2.45) is 0 Å². The molecule has 0 fully saturated rings. The van der Waals surface area contributed by atoms with Crippen molar-refractivity contribution in [1.82, 2.24) is 0 Å². The van der Waals surface area contributed by atoms with Crippen molar-refractivity contribution in [1.29, 1.82) is 0 Å². The second-order valence-corrected chi connectivity index (χ2v) is 6.91. The smallest absolute Gasteiger partial charge is 0.142 e. The topological polar surface area (TPSA) is 0 Å².